The number of hydrogen-bond donors (Lipinski definition) is 2. The molecule has 0 saturated heterocycles. The molecule has 0 aliphatic rings. The normalized spacial score (nSPS) is 13.4. The van der Waals surface area contributed by atoms with Gasteiger partial charge < -0.3 is 5.73 Å². The van der Waals surface area contributed by atoms with Crippen molar-refractivity contribution in [2.45, 2.75) is 26.3 Å². The van der Waals surface area contributed by atoms with E-state index in [0.717, 1.165) is 11.9 Å². The molecule has 3 heteroatoms. The van der Waals surface area contributed by atoms with Crippen LogP contribution in [0, 0.1) is 6.92 Å². The van der Waals surface area contributed by atoms with Crippen molar-refractivity contribution in [3.8, 4) is 0 Å². The molecule has 14 heavy (non-hydrogen) atoms. The van der Waals surface area contributed by atoms with Crippen molar-refractivity contribution < 1.29 is 0 Å². The number of rotatable bonds is 2. The average molecular weight is 189 g/mol. The van der Waals surface area contributed by atoms with Crippen molar-refractivity contribution in [3.05, 3.63) is 29.5 Å². The van der Waals surface area contributed by atoms with Crippen LogP contribution in [0.15, 0.2) is 18.3 Å². The van der Waals surface area contributed by atoms with Crippen molar-refractivity contribution in [1.82, 2.24) is 10.2 Å². The molecule has 3 N–H and O–H groups in total. The summed E-state index contributed by atoms with van der Waals surface area (Å²) in [6, 6.07) is 4.53. The molecule has 1 aromatic carbocycles. The molecule has 2 rings (SSSR count). The van der Waals surface area contributed by atoms with E-state index in [1.165, 1.54) is 16.5 Å². The molecule has 1 aromatic heterocycles. The van der Waals surface area contributed by atoms with Gasteiger partial charge in [-0.25, -0.2) is 0 Å². The molecule has 0 radical (unpaired) electrons. The fraction of sp³-hybridized carbons (Fsp3) is 0.364. The standard InChI is InChI=1S/C11H15N3/c1-7-3-9(4-8(2)12)5-10-6-13-14-11(7)10/h3,5-6,8H,4,12H2,1-2H3,(H,13,14)/t8-/m0/s1. The highest BCUT2D eigenvalue weighted by Gasteiger charge is 2.04. The van der Waals surface area contributed by atoms with E-state index in [1.54, 1.807) is 0 Å². The molecule has 0 saturated carbocycles. The SMILES string of the molecule is Cc1cc(C[C@H](C)N)cc2cn[nH]c12. The molecule has 1 heterocycles. The van der Waals surface area contributed by atoms with Crippen LogP contribution in [0.3, 0.4) is 0 Å². The minimum absolute atomic E-state index is 0.207. The van der Waals surface area contributed by atoms with Crippen LogP contribution in [0.2, 0.25) is 0 Å². The van der Waals surface area contributed by atoms with Crippen LogP contribution in [-0.4, -0.2) is 16.2 Å². The maximum atomic E-state index is 5.77. The Labute approximate surface area is 83.3 Å². The fourth-order valence-electron chi connectivity index (χ4n) is 1.80. The van der Waals surface area contributed by atoms with E-state index >= 15 is 0 Å². The lowest BCUT2D eigenvalue weighted by molar-refractivity contribution is 0.738. The lowest BCUT2D eigenvalue weighted by atomic mass is 10.0. The zero-order valence-electron chi connectivity index (χ0n) is 8.54. The van der Waals surface area contributed by atoms with Crippen molar-refractivity contribution in [3.63, 3.8) is 0 Å². The van der Waals surface area contributed by atoms with Gasteiger partial charge in [0, 0.05) is 11.4 Å². The van der Waals surface area contributed by atoms with Gasteiger partial charge in [-0.2, -0.15) is 5.10 Å². The summed E-state index contributed by atoms with van der Waals surface area (Å²) in [6.45, 7) is 4.11. The second-order valence-corrected chi connectivity index (χ2v) is 3.93. The van der Waals surface area contributed by atoms with Crippen LogP contribution in [0.4, 0.5) is 0 Å². The Balaban J connectivity index is 2.47. The predicted octanol–water partition coefficient (Wildman–Crippen LogP) is 1.76. The van der Waals surface area contributed by atoms with Gasteiger partial charge in [0.25, 0.3) is 0 Å². The molecule has 0 bridgehead atoms. The predicted molar refractivity (Wildman–Crippen MR) is 58.2 cm³/mol. The van der Waals surface area contributed by atoms with Crippen molar-refractivity contribution in [2.75, 3.05) is 0 Å². The molecule has 0 aliphatic heterocycles. The zero-order chi connectivity index (χ0) is 10.1. The number of nitrogens with zero attached hydrogens (tertiary/aromatic N) is 1. The largest absolute Gasteiger partial charge is 0.328 e. The van der Waals surface area contributed by atoms with E-state index in [4.69, 9.17) is 5.73 Å². The Bertz CT molecular complexity index is 443. The minimum Gasteiger partial charge on any atom is -0.328 e. The highest BCUT2D eigenvalue weighted by molar-refractivity contribution is 5.81. The van der Waals surface area contributed by atoms with E-state index in [9.17, 15) is 0 Å². The topological polar surface area (TPSA) is 54.7 Å². The molecule has 0 aliphatic carbocycles. The number of aromatic nitrogens is 2. The first-order valence-electron chi connectivity index (χ1n) is 4.85. The van der Waals surface area contributed by atoms with Gasteiger partial charge in [0.1, 0.15) is 0 Å². The molecule has 0 fully saturated rings. The average Bonchev–Trinajstić information content (AvgIpc) is 2.50. The maximum Gasteiger partial charge on any atom is 0.0679 e. The van der Waals surface area contributed by atoms with Crippen LogP contribution in [0.25, 0.3) is 10.9 Å². The van der Waals surface area contributed by atoms with Crippen LogP contribution >= 0.6 is 0 Å². The van der Waals surface area contributed by atoms with Crippen LogP contribution < -0.4 is 5.73 Å². The lowest BCUT2D eigenvalue weighted by Gasteiger charge is -2.06. The number of aryl methyl sites for hydroxylation is 1. The third-order valence-corrected chi connectivity index (χ3v) is 2.36. The van der Waals surface area contributed by atoms with Gasteiger partial charge in [-0.1, -0.05) is 6.07 Å². The molecule has 1 atom stereocenters. The minimum atomic E-state index is 0.207. The second-order valence-electron chi connectivity index (χ2n) is 3.93. The van der Waals surface area contributed by atoms with Crippen LogP contribution in [0.5, 0.6) is 0 Å². The molecule has 2 aromatic rings. The molecule has 0 unspecified atom stereocenters. The third-order valence-electron chi connectivity index (χ3n) is 2.36. The maximum absolute atomic E-state index is 5.77. The lowest BCUT2D eigenvalue weighted by Crippen LogP contribution is -2.17. The number of fused-ring (bicyclic) bond motifs is 1. The Morgan fingerprint density at radius 2 is 2.29 bits per heavy atom. The Morgan fingerprint density at radius 1 is 1.50 bits per heavy atom. The van der Waals surface area contributed by atoms with E-state index in [2.05, 4.69) is 29.3 Å². The summed E-state index contributed by atoms with van der Waals surface area (Å²) in [4.78, 5) is 0. The summed E-state index contributed by atoms with van der Waals surface area (Å²) in [5.41, 5.74) is 9.41. The van der Waals surface area contributed by atoms with Crippen molar-refractivity contribution in [2.24, 2.45) is 5.73 Å². The van der Waals surface area contributed by atoms with Gasteiger partial charge in [0.05, 0.1) is 11.7 Å². The van der Waals surface area contributed by atoms with Gasteiger partial charge >= 0.3 is 0 Å². The number of nitrogens with one attached hydrogen (secondary N) is 1. The molecular weight excluding hydrogens is 174 g/mol. The highest BCUT2D eigenvalue weighted by atomic mass is 15.1. The first-order chi connectivity index (χ1) is 6.66. The quantitative estimate of drug-likeness (QED) is 0.756. The summed E-state index contributed by atoms with van der Waals surface area (Å²) < 4.78 is 0. The van der Waals surface area contributed by atoms with E-state index in [0.29, 0.717) is 0 Å². The monoisotopic (exact) mass is 189 g/mol. The number of hydrogen-bond acceptors (Lipinski definition) is 2. The number of H-pyrrole nitrogens is 1. The Morgan fingerprint density at radius 3 is 3.00 bits per heavy atom. The van der Waals surface area contributed by atoms with Gasteiger partial charge in [-0.3, -0.25) is 5.10 Å². The highest BCUT2D eigenvalue weighted by Crippen LogP contribution is 2.18. The molecule has 74 valence electrons. The number of nitrogens with two attached hydrogens (primary N) is 1. The summed E-state index contributed by atoms with van der Waals surface area (Å²) in [5, 5.41) is 8.18. The second kappa shape index (κ2) is 3.42. The Hall–Kier alpha value is -1.35. The number of aromatic amines is 1. The van der Waals surface area contributed by atoms with Crippen LogP contribution in [0.1, 0.15) is 18.1 Å². The van der Waals surface area contributed by atoms with Gasteiger partial charge in [0.15, 0.2) is 0 Å². The zero-order valence-corrected chi connectivity index (χ0v) is 8.54. The summed E-state index contributed by atoms with van der Waals surface area (Å²) in [5.74, 6) is 0. The Kier molecular flexibility index (Phi) is 2.25. The summed E-state index contributed by atoms with van der Waals surface area (Å²) >= 11 is 0. The van der Waals surface area contributed by atoms with Gasteiger partial charge in [-0.15, -0.1) is 0 Å². The first-order valence-corrected chi connectivity index (χ1v) is 4.85. The fourth-order valence-corrected chi connectivity index (χ4v) is 1.80. The van der Waals surface area contributed by atoms with Crippen molar-refractivity contribution >= 4 is 10.9 Å². The summed E-state index contributed by atoms with van der Waals surface area (Å²) in [7, 11) is 0. The van der Waals surface area contributed by atoms with Gasteiger partial charge in [0.2, 0.25) is 0 Å². The first kappa shape index (κ1) is 9.21. The number of benzene rings is 1. The van der Waals surface area contributed by atoms with Gasteiger partial charge in [-0.05, 0) is 37.5 Å². The molecule has 0 amide bonds. The van der Waals surface area contributed by atoms with E-state index in [-0.39, 0.29) is 6.04 Å². The van der Waals surface area contributed by atoms with Crippen molar-refractivity contribution in [1.29, 1.82) is 0 Å². The smallest absolute Gasteiger partial charge is 0.0679 e. The third kappa shape index (κ3) is 1.63. The summed E-state index contributed by atoms with van der Waals surface area (Å²) in [6.07, 6.45) is 2.77. The van der Waals surface area contributed by atoms with Crippen LogP contribution in [-0.2, 0) is 6.42 Å². The van der Waals surface area contributed by atoms with E-state index in [1.807, 2.05) is 13.1 Å². The van der Waals surface area contributed by atoms with E-state index < -0.39 is 0 Å². The molecule has 0 spiro atoms. The molecule has 3 nitrogen and oxygen atoms in total. The molecular formula is C11H15N3.